The number of hydrogen-bond acceptors (Lipinski definition) is 8. The van der Waals surface area contributed by atoms with Crippen molar-refractivity contribution in [1.82, 2.24) is 30.2 Å². The predicted octanol–water partition coefficient (Wildman–Crippen LogP) is 0.312. The Labute approximate surface area is 237 Å². The van der Waals surface area contributed by atoms with Gasteiger partial charge in [0.2, 0.25) is 11.8 Å². The van der Waals surface area contributed by atoms with Crippen LogP contribution >= 0.6 is 0 Å². The molecule has 5 heterocycles. The minimum absolute atomic E-state index is 0.138. The monoisotopic (exact) mass is 562 g/mol. The van der Waals surface area contributed by atoms with Gasteiger partial charge in [0.25, 0.3) is 23.6 Å². The number of rotatable bonds is 0. The fourth-order valence-electron chi connectivity index (χ4n) is 5.50. The Morgan fingerprint density at radius 2 is 0.854 bits per heavy atom. The Kier molecular flexibility index (Phi) is 8.13. The fraction of sp³-hybridized carbons (Fsp3) is 0.448. The maximum Gasteiger partial charge on any atom is 0.261 e. The molecule has 12 heteroatoms. The zero-order chi connectivity index (χ0) is 29.3. The van der Waals surface area contributed by atoms with Crippen LogP contribution < -0.4 is 10.6 Å². The first-order valence-corrected chi connectivity index (χ1v) is 13.9. The van der Waals surface area contributed by atoms with Gasteiger partial charge in [0, 0.05) is 98.2 Å². The lowest BCUT2D eigenvalue weighted by molar-refractivity contribution is -0.122. The van der Waals surface area contributed by atoms with Crippen molar-refractivity contribution < 1.29 is 28.8 Å². The van der Waals surface area contributed by atoms with Crippen molar-refractivity contribution in [3.63, 3.8) is 0 Å². The number of imide groups is 2. The molecule has 2 aromatic rings. The van der Waals surface area contributed by atoms with Gasteiger partial charge >= 0.3 is 0 Å². The van der Waals surface area contributed by atoms with Crippen molar-refractivity contribution in [1.29, 1.82) is 0 Å². The molecule has 12 nitrogen and oxygen atoms in total. The molecule has 0 aliphatic carbocycles. The molecule has 2 aromatic carbocycles. The van der Waals surface area contributed by atoms with Crippen molar-refractivity contribution >= 4 is 46.2 Å². The van der Waals surface area contributed by atoms with Crippen LogP contribution in [0.25, 0.3) is 10.8 Å². The number of fused-ring (bicyclic) bond motifs is 2. The van der Waals surface area contributed by atoms with Crippen LogP contribution in [0.1, 0.15) is 60.7 Å². The number of carbonyl (C=O) groups is 6. The topological polar surface area (TPSA) is 139 Å². The van der Waals surface area contributed by atoms with Crippen LogP contribution in [-0.2, 0) is 9.59 Å². The summed E-state index contributed by atoms with van der Waals surface area (Å²) in [7, 11) is 3.67. The molecule has 6 amide bonds. The summed E-state index contributed by atoms with van der Waals surface area (Å²) in [6.45, 7) is 2.86. The second-order valence-corrected chi connectivity index (χ2v) is 10.8. The van der Waals surface area contributed by atoms with Gasteiger partial charge in [-0.15, -0.1) is 0 Å². The number of nitrogens with zero attached hydrogens (tertiary/aromatic N) is 4. The van der Waals surface area contributed by atoms with Gasteiger partial charge in [0.1, 0.15) is 0 Å². The Morgan fingerprint density at radius 1 is 0.512 bits per heavy atom. The summed E-state index contributed by atoms with van der Waals surface area (Å²) in [6, 6.07) is 6.25. The molecule has 2 N–H and O–H groups in total. The van der Waals surface area contributed by atoms with E-state index in [9.17, 15) is 28.8 Å². The molecule has 7 rings (SSSR count). The van der Waals surface area contributed by atoms with Gasteiger partial charge in [0.15, 0.2) is 0 Å². The Morgan fingerprint density at radius 3 is 1.20 bits per heavy atom. The predicted molar refractivity (Wildman–Crippen MR) is 150 cm³/mol. The van der Waals surface area contributed by atoms with Crippen LogP contribution in [-0.4, -0.2) is 121 Å². The van der Waals surface area contributed by atoms with E-state index in [0.717, 1.165) is 0 Å². The third-order valence-corrected chi connectivity index (χ3v) is 7.91. The Balaban J connectivity index is 1.43. The van der Waals surface area contributed by atoms with Crippen molar-refractivity contribution in [2.24, 2.45) is 0 Å². The average Bonchev–Trinajstić information content (AvgIpc) is 2.94. The molecule has 0 atom stereocenters. The van der Waals surface area contributed by atoms with Crippen molar-refractivity contribution in [2.45, 2.75) is 19.3 Å². The molecule has 0 aromatic heterocycles. The molecular formula is C29H34N6O6. The van der Waals surface area contributed by atoms with Crippen LogP contribution in [0.15, 0.2) is 24.3 Å². The van der Waals surface area contributed by atoms with E-state index in [1.807, 2.05) is 23.9 Å². The van der Waals surface area contributed by atoms with Crippen LogP contribution in [0, 0.1) is 0 Å². The van der Waals surface area contributed by atoms with Crippen molar-refractivity contribution in [3.05, 3.63) is 46.5 Å². The lowest BCUT2D eigenvalue weighted by atomic mass is 9.86. The summed E-state index contributed by atoms with van der Waals surface area (Å²) >= 11 is 0. The second kappa shape index (κ2) is 11.8. The first-order valence-electron chi connectivity index (χ1n) is 13.9. The number of hydrogen-bond donors (Lipinski definition) is 2. The molecule has 216 valence electrons. The van der Waals surface area contributed by atoms with Gasteiger partial charge in [-0.2, -0.15) is 0 Å². The van der Waals surface area contributed by atoms with Crippen LogP contribution in [0.5, 0.6) is 0 Å². The minimum atomic E-state index is -0.467. The third-order valence-electron chi connectivity index (χ3n) is 7.91. The van der Waals surface area contributed by atoms with E-state index in [1.165, 1.54) is 9.80 Å². The first kappa shape index (κ1) is 28.4. The highest BCUT2D eigenvalue weighted by molar-refractivity contribution is 6.33. The molecule has 5 aliphatic rings. The summed E-state index contributed by atoms with van der Waals surface area (Å²) in [4.78, 5) is 84.4. The Bertz CT molecular complexity index is 1280. The van der Waals surface area contributed by atoms with Gasteiger partial charge in [-0.05, 0) is 44.8 Å². The molecule has 0 radical (unpaired) electrons. The molecule has 8 bridgehead atoms. The van der Waals surface area contributed by atoms with E-state index in [2.05, 4.69) is 10.6 Å². The van der Waals surface area contributed by atoms with Crippen molar-refractivity contribution in [3.8, 4) is 0 Å². The molecule has 5 aliphatic heterocycles. The molecule has 0 unspecified atom stereocenters. The van der Waals surface area contributed by atoms with Gasteiger partial charge in [-0.1, -0.05) is 0 Å². The highest BCUT2D eigenvalue weighted by Gasteiger charge is 2.39. The van der Waals surface area contributed by atoms with Gasteiger partial charge in [0.05, 0.1) is 0 Å². The van der Waals surface area contributed by atoms with Crippen molar-refractivity contribution in [2.75, 3.05) is 66.5 Å². The normalized spacial score (nSPS) is 20.7. The van der Waals surface area contributed by atoms with E-state index in [-0.39, 0.29) is 60.0 Å². The summed E-state index contributed by atoms with van der Waals surface area (Å²) in [5, 5.41) is 6.38. The zero-order valence-electron chi connectivity index (χ0n) is 23.3. The van der Waals surface area contributed by atoms with Gasteiger partial charge < -0.3 is 20.4 Å². The summed E-state index contributed by atoms with van der Waals surface area (Å²) in [5.74, 6) is -2.15. The zero-order valence-corrected chi connectivity index (χ0v) is 23.3. The van der Waals surface area contributed by atoms with E-state index in [1.54, 1.807) is 24.3 Å². The second-order valence-electron chi connectivity index (χ2n) is 10.8. The van der Waals surface area contributed by atoms with Gasteiger partial charge in [-0.3, -0.25) is 38.6 Å². The summed E-state index contributed by atoms with van der Waals surface area (Å²) < 4.78 is 0. The van der Waals surface area contributed by atoms with Crippen LogP contribution in [0.3, 0.4) is 0 Å². The summed E-state index contributed by atoms with van der Waals surface area (Å²) in [6.07, 6.45) is 0.900. The van der Waals surface area contributed by atoms with Crippen LogP contribution in [0.2, 0.25) is 0 Å². The van der Waals surface area contributed by atoms with E-state index < -0.39 is 23.6 Å². The minimum Gasteiger partial charge on any atom is -0.355 e. The number of benzene rings is 2. The van der Waals surface area contributed by atoms with Crippen LogP contribution in [0.4, 0.5) is 0 Å². The van der Waals surface area contributed by atoms with E-state index in [4.69, 9.17) is 0 Å². The first-order chi connectivity index (χ1) is 19.7. The molecule has 41 heavy (non-hydrogen) atoms. The molecule has 0 fully saturated rings. The number of nitrogens with one attached hydrogen (secondary N) is 2. The lowest BCUT2D eigenvalue weighted by Crippen LogP contribution is -2.47. The van der Waals surface area contributed by atoms with Gasteiger partial charge in [-0.25, -0.2) is 0 Å². The maximum absolute atomic E-state index is 13.5. The third kappa shape index (κ3) is 5.57. The highest BCUT2D eigenvalue weighted by Crippen LogP contribution is 2.37. The largest absolute Gasteiger partial charge is 0.355 e. The summed E-state index contributed by atoms with van der Waals surface area (Å²) in [5.41, 5.74) is 1.15. The SMILES string of the molecule is CN1CCNC(=O)CCCC(=O)NCCN(C)CCN2C(=O)c3ccc4c5c(ccc(c35)C2=O)C(=O)N(CC1)C4=O. The number of amides is 6. The maximum atomic E-state index is 13.5. The standard InChI is InChI=1S/C29H34N6O6/c1-32-12-10-30-22(36)4-3-5-23(37)31-11-13-33(2)15-17-35-28(40)20-8-6-18-24-19(7-9-21(25(20)24)29(35)41)27(39)34(16-14-32)26(18)38/h6-9H,3-5,10-17H2,1-2H3,(H,30,36)(H,31,37). The lowest BCUT2D eigenvalue weighted by Gasteiger charge is -2.33. The Hall–Kier alpha value is -4.16. The molecule has 0 spiro atoms. The highest BCUT2D eigenvalue weighted by atomic mass is 16.2. The van der Waals surface area contributed by atoms with E-state index in [0.29, 0.717) is 56.5 Å². The molecule has 0 saturated heterocycles. The number of likely N-dealkylation sites (N-methyl/N-ethyl adjacent to an activating group) is 2. The smallest absolute Gasteiger partial charge is 0.261 e. The van der Waals surface area contributed by atoms with E-state index >= 15 is 0 Å². The molecule has 0 saturated carbocycles. The number of carbonyl (C=O) groups excluding carboxylic acids is 6. The molecular weight excluding hydrogens is 528 g/mol. The average molecular weight is 563 g/mol. The quantitative estimate of drug-likeness (QED) is 0.438. The fourth-order valence-corrected chi connectivity index (χ4v) is 5.50.